The molecule has 0 spiro atoms. The van der Waals surface area contributed by atoms with E-state index in [0.717, 1.165) is 35.1 Å². The molecule has 0 radical (unpaired) electrons. The molecule has 0 aliphatic heterocycles. The van der Waals surface area contributed by atoms with Crippen molar-refractivity contribution in [3.63, 3.8) is 0 Å². The molecule has 0 fully saturated rings. The molecule has 0 saturated heterocycles. The largest absolute Gasteiger partial charge is 0.457 e. The average molecular weight is 533 g/mol. The zero-order valence-corrected chi connectivity index (χ0v) is 21.2. The summed E-state index contributed by atoms with van der Waals surface area (Å²) in [6, 6.07) is 18.1. The van der Waals surface area contributed by atoms with Crippen LogP contribution in [0.1, 0.15) is 29.4 Å². The number of rotatable bonds is 7. The van der Waals surface area contributed by atoms with Crippen molar-refractivity contribution in [1.29, 1.82) is 0 Å². The highest BCUT2D eigenvalue weighted by atomic mass is 127. The van der Waals surface area contributed by atoms with Gasteiger partial charge in [0.1, 0.15) is 11.5 Å². The van der Waals surface area contributed by atoms with Crippen molar-refractivity contribution in [3.8, 4) is 11.5 Å². The van der Waals surface area contributed by atoms with Gasteiger partial charge in [0.15, 0.2) is 5.96 Å². The molecule has 3 aromatic rings. The van der Waals surface area contributed by atoms with Crippen LogP contribution in [0.5, 0.6) is 11.5 Å². The third kappa shape index (κ3) is 6.72. The molecule has 1 atom stereocenters. The maximum Gasteiger partial charge on any atom is 0.191 e. The molecule has 0 amide bonds. The molecule has 6 nitrogen and oxygen atoms in total. The van der Waals surface area contributed by atoms with Gasteiger partial charge in [-0.1, -0.05) is 36.4 Å². The van der Waals surface area contributed by atoms with Crippen LogP contribution < -0.4 is 15.4 Å². The normalized spacial score (nSPS) is 12.1. The molecule has 2 aromatic carbocycles. The van der Waals surface area contributed by atoms with Crippen LogP contribution in [0.2, 0.25) is 0 Å². The standard InChI is InChI=1S/C24H31N5O.HI/c1-17(15-22-18(2)28-29(5)19(22)3)27-24(25-4)26-16-20-11-9-10-14-23(20)30-21-12-7-6-8-13-21;/h6-14,17H,15-16H2,1-5H3,(H2,25,26,27);1H. The second kappa shape index (κ2) is 11.7. The number of aliphatic imine (C=N–C) groups is 1. The molecule has 1 unspecified atom stereocenters. The quantitative estimate of drug-likeness (QED) is 0.262. The van der Waals surface area contributed by atoms with Gasteiger partial charge in [-0.3, -0.25) is 9.67 Å². The van der Waals surface area contributed by atoms with Crippen molar-refractivity contribution in [3.05, 3.63) is 77.1 Å². The Morgan fingerprint density at radius 2 is 1.77 bits per heavy atom. The van der Waals surface area contributed by atoms with E-state index in [0.29, 0.717) is 6.54 Å². The Balaban J connectivity index is 0.00000341. The monoisotopic (exact) mass is 533 g/mol. The van der Waals surface area contributed by atoms with Crippen molar-refractivity contribution >= 4 is 29.9 Å². The highest BCUT2D eigenvalue weighted by Crippen LogP contribution is 2.24. The molecule has 3 rings (SSSR count). The molecule has 0 aliphatic carbocycles. The van der Waals surface area contributed by atoms with Crippen LogP contribution in [0.3, 0.4) is 0 Å². The summed E-state index contributed by atoms with van der Waals surface area (Å²) < 4.78 is 7.99. The van der Waals surface area contributed by atoms with Crippen LogP contribution in [0.15, 0.2) is 59.6 Å². The van der Waals surface area contributed by atoms with Crippen molar-refractivity contribution in [2.75, 3.05) is 7.05 Å². The van der Waals surface area contributed by atoms with Gasteiger partial charge in [-0.15, -0.1) is 24.0 Å². The Labute approximate surface area is 202 Å². The first kappa shape index (κ1) is 24.7. The van der Waals surface area contributed by atoms with Crippen LogP contribution in [0.25, 0.3) is 0 Å². The number of aromatic nitrogens is 2. The molecule has 0 bridgehead atoms. The summed E-state index contributed by atoms with van der Waals surface area (Å²) >= 11 is 0. The Bertz CT molecular complexity index is 1000. The number of benzene rings is 2. The first-order valence-electron chi connectivity index (χ1n) is 10.2. The maximum absolute atomic E-state index is 6.05. The van der Waals surface area contributed by atoms with Crippen molar-refractivity contribution in [2.45, 2.75) is 39.8 Å². The number of nitrogens with one attached hydrogen (secondary N) is 2. The molecule has 1 aromatic heterocycles. The second-order valence-electron chi connectivity index (χ2n) is 7.47. The van der Waals surface area contributed by atoms with Crippen LogP contribution in [0.4, 0.5) is 0 Å². The first-order chi connectivity index (χ1) is 14.5. The zero-order chi connectivity index (χ0) is 21.5. The molecule has 0 aliphatic rings. The van der Waals surface area contributed by atoms with Crippen LogP contribution in [0, 0.1) is 13.8 Å². The third-order valence-electron chi connectivity index (χ3n) is 5.17. The number of guanidine groups is 1. The molecule has 0 saturated carbocycles. The number of halogens is 1. The number of nitrogens with zero attached hydrogens (tertiary/aromatic N) is 3. The molecular formula is C24H32IN5O. The van der Waals surface area contributed by atoms with Crippen molar-refractivity contribution in [1.82, 2.24) is 20.4 Å². The SMILES string of the molecule is CN=C(NCc1ccccc1Oc1ccccc1)NC(C)Cc1c(C)nn(C)c1C.I. The van der Waals surface area contributed by atoms with Gasteiger partial charge in [-0.05, 0) is 51.0 Å². The van der Waals surface area contributed by atoms with E-state index in [4.69, 9.17) is 4.74 Å². The van der Waals surface area contributed by atoms with E-state index < -0.39 is 0 Å². The minimum atomic E-state index is 0. The number of para-hydroxylation sites is 2. The lowest BCUT2D eigenvalue weighted by Gasteiger charge is -2.19. The van der Waals surface area contributed by atoms with Crippen LogP contribution in [-0.4, -0.2) is 28.8 Å². The summed E-state index contributed by atoms with van der Waals surface area (Å²) in [7, 11) is 3.77. The van der Waals surface area contributed by atoms with Gasteiger partial charge < -0.3 is 15.4 Å². The second-order valence-corrected chi connectivity index (χ2v) is 7.47. The zero-order valence-electron chi connectivity index (χ0n) is 18.8. The van der Waals surface area contributed by atoms with E-state index >= 15 is 0 Å². The molecule has 7 heteroatoms. The van der Waals surface area contributed by atoms with E-state index in [2.05, 4.69) is 47.6 Å². The Hall–Kier alpha value is -2.55. The molecule has 166 valence electrons. The lowest BCUT2D eigenvalue weighted by molar-refractivity contribution is 0.475. The topological polar surface area (TPSA) is 63.5 Å². The lowest BCUT2D eigenvalue weighted by Crippen LogP contribution is -2.42. The number of hydrogen-bond acceptors (Lipinski definition) is 3. The fourth-order valence-corrected chi connectivity index (χ4v) is 3.44. The van der Waals surface area contributed by atoms with Gasteiger partial charge in [-0.2, -0.15) is 5.10 Å². The molecular weight excluding hydrogens is 501 g/mol. The molecule has 31 heavy (non-hydrogen) atoms. The van der Waals surface area contributed by atoms with Crippen LogP contribution >= 0.6 is 24.0 Å². The van der Waals surface area contributed by atoms with Gasteiger partial charge in [0.05, 0.1) is 5.69 Å². The highest BCUT2D eigenvalue weighted by Gasteiger charge is 2.14. The van der Waals surface area contributed by atoms with Gasteiger partial charge >= 0.3 is 0 Å². The van der Waals surface area contributed by atoms with Gasteiger partial charge in [0.25, 0.3) is 0 Å². The number of hydrogen-bond donors (Lipinski definition) is 2. The summed E-state index contributed by atoms with van der Waals surface area (Å²) in [6.45, 7) is 6.94. The third-order valence-corrected chi connectivity index (χ3v) is 5.17. The molecule has 1 heterocycles. The van der Waals surface area contributed by atoms with Gasteiger partial charge in [0, 0.05) is 37.9 Å². The average Bonchev–Trinajstić information content (AvgIpc) is 2.98. The Morgan fingerprint density at radius 1 is 1.10 bits per heavy atom. The van der Waals surface area contributed by atoms with E-state index in [9.17, 15) is 0 Å². The highest BCUT2D eigenvalue weighted by molar-refractivity contribution is 14.0. The smallest absolute Gasteiger partial charge is 0.191 e. The van der Waals surface area contributed by atoms with Crippen LogP contribution in [-0.2, 0) is 20.0 Å². The fourth-order valence-electron chi connectivity index (χ4n) is 3.44. The predicted octanol–water partition coefficient (Wildman–Crippen LogP) is 4.74. The Morgan fingerprint density at radius 3 is 2.42 bits per heavy atom. The van der Waals surface area contributed by atoms with Gasteiger partial charge in [0.2, 0.25) is 0 Å². The van der Waals surface area contributed by atoms with E-state index in [1.807, 2.05) is 60.3 Å². The Kier molecular flexibility index (Phi) is 9.36. The summed E-state index contributed by atoms with van der Waals surface area (Å²) in [4.78, 5) is 4.38. The van der Waals surface area contributed by atoms with E-state index in [1.165, 1.54) is 11.3 Å². The minimum absolute atomic E-state index is 0. The van der Waals surface area contributed by atoms with Crippen molar-refractivity contribution < 1.29 is 4.74 Å². The summed E-state index contributed by atoms with van der Waals surface area (Å²) in [6.07, 6.45) is 0.889. The summed E-state index contributed by atoms with van der Waals surface area (Å²) in [5, 5.41) is 11.4. The number of ether oxygens (including phenoxy) is 1. The molecule has 2 N–H and O–H groups in total. The van der Waals surface area contributed by atoms with Crippen molar-refractivity contribution in [2.24, 2.45) is 12.0 Å². The van der Waals surface area contributed by atoms with E-state index in [-0.39, 0.29) is 30.0 Å². The first-order valence-corrected chi connectivity index (χ1v) is 10.2. The summed E-state index contributed by atoms with van der Waals surface area (Å²) in [5.74, 6) is 2.42. The number of aryl methyl sites for hydroxylation is 2. The van der Waals surface area contributed by atoms with Gasteiger partial charge in [-0.25, -0.2) is 0 Å². The maximum atomic E-state index is 6.05. The van der Waals surface area contributed by atoms with E-state index in [1.54, 1.807) is 7.05 Å². The summed E-state index contributed by atoms with van der Waals surface area (Å²) in [5.41, 5.74) is 4.64. The minimum Gasteiger partial charge on any atom is -0.457 e. The fraction of sp³-hybridized carbons (Fsp3) is 0.333. The lowest BCUT2D eigenvalue weighted by atomic mass is 10.1. The predicted molar refractivity (Wildman–Crippen MR) is 138 cm³/mol.